The van der Waals surface area contributed by atoms with Crippen molar-refractivity contribution in [1.82, 2.24) is 0 Å². The molecule has 2 aliphatic rings. The van der Waals surface area contributed by atoms with E-state index in [9.17, 15) is 15.0 Å². The number of rotatable bonds is 5. The molecular formula is C19H30O3. The van der Waals surface area contributed by atoms with E-state index in [1.165, 1.54) is 12.8 Å². The molecule has 2 N–H and O–H groups in total. The number of ketones is 1. The van der Waals surface area contributed by atoms with Gasteiger partial charge in [0.1, 0.15) is 11.9 Å². The molecule has 0 saturated heterocycles. The SMILES string of the molecule is CCCC[C@@H](C)C[C@H](O)C#C[C@H]1[C@@H]2C(C)C(=O)[C@@H]2CC[C@@H]1O. The Morgan fingerprint density at radius 1 is 1.36 bits per heavy atom. The van der Waals surface area contributed by atoms with Crippen molar-refractivity contribution in [2.75, 3.05) is 0 Å². The summed E-state index contributed by atoms with van der Waals surface area (Å²) in [6, 6.07) is 0. The van der Waals surface area contributed by atoms with E-state index in [0.717, 1.165) is 12.8 Å². The highest BCUT2D eigenvalue weighted by Crippen LogP contribution is 2.49. The number of unbranched alkanes of at least 4 members (excludes halogenated alkanes) is 1. The summed E-state index contributed by atoms with van der Waals surface area (Å²) >= 11 is 0. The van der Waals surface area contributed by atoms with E-state index < -0.39 is 12.2 Å². The normalized spacial score (nSPS) is 36.6. The third-order valence-electron chi connectivity index (χ3n) is 5.55. The molecule has 0 amide bonds. The molecule has 0 heterocycles. The Kier molecular flexibility index (Phi) is 6.06. The Bertz CT molecular complexity index is 447. The number of hydrogen-bond donors (Lipinski definition) is 2. The van der Waals surface area contributed by atoms with E-state index in [1.54, 1.807) is 0 Å². The highest BCUT2D eigenvalue weighted by atomic mass is 16.3. The number of Topliss-reactive ketones (excluding diaryl/α,β-unsaturated/α-hetero) is 1. The first kappa shape index (κ1) is 17.5. The number of hydrogen-bond acceptors (Lipinski definition) is 3. The number of carbonyl (C=O) groups is 1. The lowest BCUT2D eigenvalue weighted by Gasteiger charge is -2.49. The van der Waals surface area contributed by atoms with Crippen LogP contribution in [0.1, 0.15) is 59.3 Å². The van der Waals surface area contributed by atoms with Crippen molar-refractivity contribution < 1.29 is 15.0 Å². The Balaban J connectivity index is 1.92. The number of aliphatic hydroxyl groups excluding tert-OH is 2. The lowest BCUT2D eigenvalue weighted by molar-refractivity contribution is -0.151. The second-order valence-corrected chi connectivity index (χ2v) is 7.33. The number of fused-ring (bicyclic) bond motifs is 1. The van der Waals surface area contributed by atoms with Crippen LogP contribution >= 0.6 is 0 Å². The number of carbonyl (C=O) groups excluding carboxylic acids is 1. The maximum Gasteiger partial charge on any atom is 0.139 e. The first-order valence-corrected chi connectivity index (χ1v) is 8.86. The largest absolute Gasteiger partial charge is 0.392 e. The van der Waals surface area contributed by atoms with Gasteiger partial charge in [-0.2, -0.15) is 0 Å². The highest BCUT2D eigenvalue weighted by molar-refractivity contribution is 5.90. The Hall–Kier alpha value is -0.850. The van der Waals surface area contributed by atoms with Crippen LogP contribution in [0.25, 0.3) is 0 Å². The van der Waals surface area contributed by atoms with Crippen LogP contribution in [0.4, 0.5) is 0 Å². The zero-order valence-corrected chi connectivity index (χ0v) is 14.1. The van der Waals surface area contributed by atoms with E-state index in [0.29, 0.717) is 24.5 Å². The summed E-state index contributed by atoms with van der Waals surface area (Å²) in [7, 11) is 0. The van der Waals surface area contributed by atoms with Crippen LogP contribution in [0.3, 0.4) is 0 Å². The van der Waals surface area contributed by atoms with Gasteiger partial charge in [0.15, 0.2) is 0 Å². The quantitative estimate of drug-likeness (QED) is 0.768. The van der Waals surface area contributed by atoms with E-state index >= 15 is 0 Å². The molecule has 0 aliphatic heterocycles. The van der Waals surface area contributed by atoms with Crippen molar-refractivity contribution in [3.63, 3.8) is 0 Å². The van der Waals surface area contributed by atoms with Gasteiger partial charge in [-0.15, -0.1) is 0 Å². The van der Waals surface area contributed by atoms with Crippen molar-refractivity contribution in [3.8, 4) is 11.8 Å². The molecule has 3 heteroatoms. The fourth-order valence-electron chi connectivity index (χ4n) is 4.12. The van der Waals surface area contributed by atoms with Crippen molar-refractivity contribution in [2.24, 2.45) is 29.6 Å². The van der Waals surface area contributed by atoms with E-state index in [4.69, 9.17) is 0 Å². The summed E-state index contributed by atoms with van der Waals surface area (Å²) in [6.45, 7) is 6.27. The first-order chi connectivity index (χ1) is 10.5. The minimum absolute atomic E-state index is 0.0138. The Morgan fingerprint density at radius 3 is 2.77 bits per heavy atom. The van der Waals surface area contributed by atoms with Gasteiger partial charge >= 0.3 is 0 Å². The molecule has 3 nitrogen and oxygen atoms in total. The summed E-state index contributed by atoms with van der Waals surface area (Å²) in [5.41, 5.74) is 0. The maximum atomic E-state index is 11.9. The van der Waals surface area contributed by atoms with E-state index in [-0.39, 0.29) is 23.7 Å². The van der Waals surface area contributed by atoms with Crippen LogP contribution in [0, 0.1) is 41.4 Å². The van der Waals surface area contributed by atoms with Gasteiger partial charge in [-0.05, 0) is 31.1 Å². The van der Waals surface area contributed by atoms with Gasteiger partial charge in [0.25, 0.3) is 0 Å². The van der Waals surface area contributed by atoms with Gasteiger partial charge in [-0.25, -0.2) is 0 Å². The van der Waals surface area contributed by atoms with E-state index in [1.807, 2.05) is 6.92 Å². The topological polar surface area (TPSA) is 57.5 Å². The smallest absolute Gasteiger partial charge is 0.139 e. The maximum absolute atomic E-state index is 11.9. The summed E-state index contributed by atoms with van der Waals surface area (Å²) in [4.78, 5) is 11.9. The zero-order chi connectivity index (χ0) is 16.3. The summed E-state index contributed by atoms with van der Waals surface area (Å²) in [6.07, 6.45) is 4.56. The molecule has 1 unspecified atom stereocenters. The van der Waals surface area contributed by atoms with Gasteiger partial charge in [-0.1, -0.05) is 51.9 Å². The average molecular weight is 306 g/mol. The van der Waals surface area contributed by atoms with Gasteiger partial charge in [-0.3, -0.25) is 4.79 Å². The van der Waals surface area contributed by atoms with Crippen LogP contribution in [-0.2, 0) is 4.79 Å². The molecule has 2 rings (SSSR count). The molecule has 0 aromatic carbocycles. The minimum atomic E-state index is -0.620. The van der Waals surface area contributed by atoms with Gasteiger partial charge in [0.05, 0.1) is 12.0 Å². The molecule has 0 aromatic rings. The lowest BCUT2D eigenvalue weighted by atomic mass is 9.53. The van der Waals surface area contributed by atoms with Gasteiger partial charge in [0, 0.05) is 11.8 Å². The molecular weight excluding hydrogens is 276 g/mol. The van der Waals surface area contributed by atoms with Crippen LogP contribution in [0.5, 0.6) is 0 Å². The first-order valence-electron chi connectivity index (χ1n) is 8.86. The third kappa shape index (κ3) is 3.73. The molecule has 2 aliphatic carbocycles. The minimum Gasteiger partial charge on any atom is -0.392 e. The standard InChI is InChI=1S/C19H30O3/c1-4-5-6-12(2)11-14(20)7-8-15-17(21)10-9-16-18(15)13(3)19(16)22/h12-18,20-21H,4-6,9-11H2,1-3H3/t12-,13?,14-,15-,16-,17+,18+/m1/s1. The molecule has 124 valence electrons. The molecule has 0 spiro atoms. The fraction of sp³-hybridized carbons (Fsp3) is 0.842. The monoisotopic (exact) mass is 306 g/mol. The molecule has 0 radical (unpaired) electrons. The van der Waals surface area contributed by atoms with Crippen LogP contribution in [0.15, 0.2) is 0 Å². The van der Waals surface area contributed by atoms with Crippen LogP contribution < -0.4 is 0 Å². The molecule has 0 aromatic heterocycles. The fourth-order valence-corrected chi connectivity index (χ4v) is 4.12. The zero-order valence-electron chi connectivity index (χ0n) is 14.1. The molecule has 22 heavy (non-hydrogen) atoms. The van der Waals surface area contributed by atoms with E-state index in [2.05, 4.69) is 25.7 Å². The van der Waals surface area contributed by atoms with Crippen LogP contribution in [-0.4, -0.2) is 28.2 Å². The summed E-state index contributed by atoms with van der Waals surface area (Å²) in [5, 5.41) is 20.3. The second-order valence-electron chi connectivity index (χ2n) is 7.33. The molecule has 2 fully saturated rings. The van der Waals surface area contributed by atoms with Crippen molar-refractivity contribution in [1.29, 1.82) is 0 Å². The molecule has 7 atom stereocenters. The average Bonchev–Trinajstić information content (AvgIpc) is 2.50. The predicted octanol–water partition coefficient (Wildman–Crippen LogP) is 2.79. The predicted molar refractivity (Wildman–Crippen MR) is 87.0 cm³/mol. The van der Waals surface area contributed by atoms with Crippen molar-refractivity contribution in [2.45, 2.75) is 71.5 Å². The van der Waals surface area contributed by atoms with Crippen molar-refractivity contribution >= 4 is 5.78 Å². The number of aliphatic hydroxyl groups is 2. The molecule has 0 bridgehead atoms. The van der Waals surface area contributed by atoms with Crippen LogP contribution in [0.2, 0.25) is 0 Å². The molecule has 2 saturated carbocycles. The highest BCUT2D eigenvalue weighted by Gasteiger charge is 2.54. The third-order valence-corrected chi connectivity index (χ3v) is 5.55. The lowest BCUT2D eigenvalue weighted by Crippen LogP contribution is -2.55. The summed E-state index contributed by atoms with van der Waals surface area (Å²) < 4.78 is 0. The second kappa shape index (κ2) is 7.62. The Labute approximate surface area is 134 Å². The van der Waals surface area contributed by atoms with Crippen molar-refractivity contribution in [3.05, 3.63) is 0 Å². The van der Waals surface area contributed by atoms with Gasteiger partial charge in [0.2, 0.25) is 0 Å². The summed E-state index contributed by atoms with van der Waals surface area (Å²) in [5.74, 6) is 7.01. The van der Waals surface area contributed by atoms with Gasteiger partial charge < -0.3 is 10.2 Å². The Morgan fingerprint density at radius 2 is 2.09 bits per heavy atom.